The fourth-order valence-corrected chi connectivity index (χ4v) is 8.61. The minimum atomic E-state index is 1.16. The fraction of sp³-hybridized carbons (Fsp3) is 0. The maximum atomic E-state index is 2.39. The standard InChI is InChI=1S/C54H36N2/c1-3-12-37(13-4-1)39-22-28-45(29-23-39)55-51-20-9-7-18-47(51)49-35-43(26-32-53(49)55)41-16-11-17-42(34-41)44-27-33-54-50(36-44)48-19-8-10-21-52(48)56(54)46-30-24-40(25-31-46)38-14-5-2-6-15-38/h1-36H. The van der Waals surface area contributed by atoms with Gasteiger partial charge in [-0.05, 0) is 111 Å². The number of hydrogen-bond donors (Lipinski definition) is 0. The Labute approximate surface area is 325 Å². The Bertz CT molecular complexity index is 2990. The molecule has 2 nitrogen and oxygen atoms in total. The Hall–Kier alpha value is -7.42. The van der Waals surface area contributed by atoms with Gasteiger partial charge in [0.15, 0.2) is 0 Å². The number of benzene rings is 9. The summed E-state index contributed by atoms with van der Waals surface area (Å²) in [6.07, 6.45) is 0. The lowest BCUT2D eigenvalue weighted by Gasteiger charge is -2.11. The van der Waals surface area contributed by atoms with E-state index < -0.39 is 0 Å². The fourth-order valence-electron chi connectivity index (χ4n) is 8.61. The molecule has 2 heterocycles. The Balaban J connectivity index is 0.971. The summed E-state index contributed by atoms with van der Waals surface area (Å²) < 4.78 is 4.78. The highest BCUT2D eigenvalue weighted by molar-refractivity contribution is 6.12. The minimum absolute atomic E-state index is 1.16. The molecule has 2 aromatic heterocycles. The largest absolute Gasteiger partial charge is 0.309 e. The molecule has 0 bridgehead atoms. The van der Waals surface area contributed by atoms with Crippen molar-refractivity contribution in [3.8, 4) is 55.9 Å². The van der Waals surface area contributed by atoms with E-state index in [0.29, 0.717) is 0 Å². The first-order valence-corrected chi connectivity index (χ1v) is 19.3. The molecule has 0 amide bonds. The summed E-state index contributed by atoms with van der Waals surface area (Å²) in [4.78, 5) is 0. The van der Waals surface area contributed by atoms with Gasteiger partial charge in [0.1, 0.15) is 0 Å². The lowest BCUT2D eigenvalue weighted by Crippen LogP contribution is -1.94. The van der Waals surface area contributed by atoms with Gasteiger partial charge >= 0.3 is 0 Å². The van der Waals surface area contributed by atoms with Gasteiger partial charge in [-0.3, -0.25) is 0 Å². The molecule has 0 aliphatic rings. The number of rotatable bonds is 6. The third kappa shape index (κ3) is 5.34. The molecule has 11 aromatic rings. The number of nitrogens with zero attached hydrogens (tertiary/aromatic N) is 2. The van der Waals surface area contributed by atoms with E-state index in [-0.39, 0.29) is 0 Å². The van der Waals surface area contributed by atoms with Crippen molar-refractivity contribution in [3.05, 3.63) is 218 Å². The highest BCUT2D eigenvalue weighted by Crippen LogP contribution is 2.38. The Kier molecular flexibility index (Phi) is 7.53. The molecule has 0 atom stereocenters. The van der Waals surface area contributed by atoms with Crippen LogP contribution in [0.3, 0.4) is 0 Å². The Morgan fingerprint density at radius 3 is 0.964 bits per heavy atom. The quantitative estimate of drug-likeness (QED) is 0.162. The van der Waals surface area contributed by atoms with Crippen LogP contribution >= 0.6 is 0 Å². The van der Waals surface area contributed by atoms with Crippen LogP contribution in [0, 0.1) is 0 Å². The van der Waals surface area contributed by atoms with E-state index in [1.807, 2.05) is 0 Å². The zero-order valence-electron chi connectivity index (χ0n) is 30.7. The average Bonchev–Trinajstić information content (AvgIpc) is 3.79. The molecule has 0 radical (unpaired) electrons. The molecule has 0 aliphatic heterocycles. The van der Waals surface area contributed by atoms with Gasteiger partial charge in [-0.25, -0.2) is 0 Å². The lowest BCUT2D eigenvalue weighted by atomic mass is 9.97. The number of fused-ring (bicyclic) bond motifs is 6. The highest BCUT2D eigenvalue weighted by atomic mass is 15.0. The molecule has 9 aromatic carbocycles. The first kappa shape index (κ1) is 32.0. The third-order valence-corrected chi connectivity index (χ3v) is 11.3. The van der Waals surface area contributed by atoms with Crippen molar-refractivity contribution in [2.24, 2.45) is 0 Å². The van der Waals surface area contributed by atoms with Crippen LogP contribution in [0.2, 0.25) is 0 Å². The monoisotopic (exact) mass is 712 g/mol. The summed E-state index contributed by atoms with van der Waals surface area (Å²) in [6, 6.07) is 79.4. The van der Waals surface area contributed by atoms with Crippen molar-refractivity contribution in [2.45, 2.75) is 0 Å². The summed E-state index contributed by atoms with van der Waals surface area (Å²) in [5, 5.41) is 5.01. The van der Waals surface area contributed by atoms with Crippen LogP contribution in [0.25, 0.3) is 99.5 Å². The van der Waals surface area contributed by atoms with Crippen LogP contribution in [0.4, 0.5) is 0 Å². The Morgan fingerprint density at radius 1 is 0.196 bits per heavy atom. The number of para-hydroxylation sites is 2. The lowest BCUT2D eigenvalue weighted by molar-refractivity contribution is 1.18. The summed E-state index contributed by atoms with van der Waals surface area (Å²) in [5.74, 6) is 0. The molecular formula is C54H36N2. The summed E-state index contributed by atoms with van der Waals surface area (Å²) in [7, 11) is 0. The van der Waals surface area contributed by atoms with Crippen LogP contribution < -0.4 is 0 Å². The predicted molar refractivity (Wildman–Crippen MR) is 237 cm³/mol. The van der Waals surface area contributed by atoms with Crippen LogP contribution in [0.5, 0.6) is 0 Å². The first-order valence-electron chi connectivity index (χ1n) is 19.3. The zero-order valence-corrected chi connectivity index (χ0v) is 30.7. The SMILES string of the molecule is c1ccc(-c2ccc(-n3c4ccccc4c4cc(-c5cccc(-c6ccc7c(c6)c6ccccc6n7-c6ccc(-c7ccccc7)cc6)c5)ccc43)cc2)cc1. The van der Waals surface area contributed by atoms with Gasteiger partial charge in [-0.15, -0.1) is 0 Å². The van der Waals surface area contributed by atoms with Crippen molar-refractivity contribution in [2.75, 3.05) is 0 Å². The second-order valence-corrected chi connectivity index (χ2v) is 14.6. The molecule has 2 heteroatoms. The second kappa shape index (κ2) is 13.2. The van der Waals surface area contributed by atoms with Crippen LogP contribution in [0.15, 0.2) is 218 Å². The van der Waals surface area contributed by atoms with Gasteiger partial charge in [0.05, 0.1) is 22.1 Å². The van der Waals surface area contributed by atoms with Crippen molar-refractivity contribution >= 4 is 43.6 Å². The summed E-state index contributed by atoms with van der Waals surface area (Å²) in [6.45, 7) is 0. The van der Waals surface area contributed by atoms with E-state index >= 15 is 0 Å². The molecule has 0 fully saturated rings. The van der Waals surface area contributed by atoms with Gasteiger partial charge in [0, 0.05) is 32.9 Å². The molecule has 11 rings (SSSR count). The molecular weight excluding hydrogens is 677 g/mol. The first-order chi connectivity index (χ1) is 27.8. The molecule has 0 N–H and O–H groups in total. The smallest absolute Gasteiger partial charge is 0.0541 e. The normalized spacial score (nSPS) is 11.6. The van der Waals surface area contributed by atoms with Gasteiger partial charge < -0.3 is 9.13 Å². The van der Waals surface area contributed by atoms with E-state index in [0.717, 1.165) is 11.4 Å². The zero-order chi connectivity index (χ0) is 37.0. The Morgan fingerprint density at radius 2 is 0.518 bits per heavy atom. The van der Waals surface area contributed by atoms with Crippen molar-refractivity contribution in [1.29, 1.82) is 0 Å². The topological polar surface area (TPSA) is 9.86 Å². The van der Waals surface area contributed by atoms with Crippen molar-refractivity contribution in [3.63, 3.8) is 0 Å². The van der Waals surface area contributed by atoms with Crippen molar-refractivity contribution in [1.82, 2.24) is 9.13 Å². The molecule has 262 valence electrons. The van der Waals surface area contributed by atoms with Gasteiger partial charge in [0.2, 0.25) is 0 Å². The molecule has 0 unspecified atom stereocenters. The summed E-state index contributed by atoms with van der Waals surface area (Å²) >= 11 is 0. The van der Waals surface area contributed by atoms with E-state index in [4.69, 9.17) is 0 Å². The van der Waals surface area contributed by atoms with Crippen LogP contribution in [-0.2, 0) is 0 Å². The highest BCUT2D eigenvalue weighted by Gasteiger charge is 2.16. The molecule has 0 spiro atoms. The van der Waals surface area contributed by atoms with Crippen LogP contribution in [-0.4, -0.2) is 9.13 Å². The second-order valence-electron chi connectivity index (χ2n) is 14.6. The average molecular weight is 713 g/mol. The third-order valence-electron chi connectivity index (χ3n) is 11.3. The van der Waals surface area contributed by atoms with E-state index in [9.17, 15) is 0 Å². The number of aromatic nitrogens is 2. The number of hydrogen-bond acceptors (Lipinski definition) is 0. The molecule has 0 aliphatic carbocycles. The van der Waals surface area contributed by atoms with E-state index in [1.165, 1.54) is 88.1 Å². The van der Waals surface area contributed by atoms with Gasteiger partial charge in [-0.1, -0.05) is 152 Å². The minimum Gasteiger partial charge on any atom is -0.309 e. The maximum Gasteiger partial charge on any atom is 0.0541 e. The van der Waals surface area contributed by atoms with Gasteiger partial charge in [0.25, 0.3) is 0 Å². The maximum absolute atomic E-state index is 2.39. The van der Waals surface area contributed by atoms with E-state index in [1.54, 1.807) is 0 Å². The van der Waals surface area contributed by atoms with Crippen LogP contribution in [0.1, 0.15) is 0 Å². The molecule has 56 heavy (non-hydrogen) atoms. The molecule has 0 saturated carbocycles. The van der Waals surface area contributed by atoms with E-state index in [2.05, 4.69) is 228 Å². The van der Waals surface area contributed by atoms with Crippen molar-refractivity contribution < 1.29 is 0 Å². The predicted octanol–water partition coefficient (Wildman–Crippen LogP) is 14.5. The summed E-state index contributed by atoms with van der Waals surface area (Å²) in [5.41, 5.74) is 16.9. The van der Waals surface area contributed by atoms with Gasteiger partial charge in [-0.2, -0.15) is 0 Å². The molecule has 0 saturated heterocycles.